The van der Waals surface area contributed by atoms with Crippen LogP contribution in [-0.4, -0.2) is 29.4 Å². The predicted octanol–water partition coefficient (Wildman–Crippen LogP) is 2.97. The summed E-state index contributed by atoms with van der Waals surface area (Å²) in [5, 5.41) is 4.23. The summed E-state index contributed by atoms with van der Waals surface area (Å²) < 4.78 is 12.3. The summed E-state index contributed by atoms with van der Waals surface area (Å²) in [5.41, 5.74) is 4.03. The van der Waals surface area contributed by atoms with Crippen LogP contribution < -0.4 is 5.43 Å². The summed E-state index contributed by atoms with van der Waals surface area (Å²) in [6, 6.07) is 4.45. The summed E-state index contributed by atoms with van der Waals surface area (Å²) in [5.74, 6) is 0. The highest BCUT2D eigenvalue weighted by atomic mass is 32.1. The van der Waals surface area contributed by atoms with Crippen molar-refractivity contribution in [3.63, 3.8) is 0 Å². The van der Waals surface area contributed by atoms with E-state index in [0.717, 1.165) is 12.0 Å². The Balaban J connectivity index is 1.73. The van der Waals surface area contributed by atoms with Crippen LogP contribution in [0.2, 0.25) is 0 Å². The Hall–Kier alpha value is -0.815. The van der Waals surface area contributed by atoms with E-state index in [4.69, 9.17) is 9.31 Å². The van der Waals surface area contributed by atoms with Crippen molar-refractivity contribution in [2.24, 2.45) is 0 Å². The molecule has 4 nitrogen and oxygen atoms in total. The summed E-state index contributed by atoms with van der Waals surface area (Å²) in [4.78, 5) is 1.33. The normalized spacial score (nSPS) is 27.3. The van der Waals surface area contributed by atoms with Crippen LogP contribution in [-0.2, 0) is 15.9 Å². The molecular weight excluding hydrogens is 283 g/mol. The van der Waals surface area contributed by atoms with Crippen LogP contribution in [0, 0.1) is 0 Å². The molecule has 1 aromatic heterocycles. The molecule has 0 bridgehead atoms. The number of nitrogens with one attached hydrogen (secondary N) is 1. The molecule has 3 rings (SSSR count). The summed E-state index contributed by atoms with van der Waals surface area (Å²) >= 11 is 1.77. The fourth-order valence-corrected chi connectivity index (χ4v) is 3.26. The van der Waals surface area contributed by atoms with E-state index in [2.05, 4.69) is 68.8 Å². The Labute approximate surface area is 131 Å². The summed E-state index contributed by atoms with van der Waals surface area (Å²) in [7, 11) is -0.272. The zero-order valence-corrected chi connectivity index (χ0v) is 14.2. The van der Waals surface area contributed by atoms with Gasteiger partial charge in [-0.2, -0.15) is 0 Å². The molecule has 1 N–H and O–H groups in total. The van der Waals surface area contributed by atoms with Gasteiger partial charge in [-0.1, -0.05) is 6.07 Å². The smallest absolute Gasteiger partial charge is 0.399 e. The lowest BCUT2D eigenvalue weighted by Crippen LogP contribution is -2.41. The van der Waals surface area contributed by atoms with Crippen LogP contribution in [0.25, 0.3) is 0 Å². The molecule has 114 valence electrons. The van der Waals surface area contributed by atoms with Gasteiger partial charge in [-0.25, -0.2) is 5.43 Å². The molecule has 2 aliphatic heterocycles. The van der Waals surface area contributed by atoms with Crippen molar-refractivity contribution < 1.29 is 9.31 Å². The van der Waals surface area contributed by atoms with Gasteiger partial charge in [-0.3, -0.25) is 0 Å². The molecule has 0 aliphatic carbocycles. The highest BCUT2D eigenvalue weighted by molar-refractivity contribution is 7.09. The van der Waals surface area contributed by atoms with Crippen LogP contribution in [0.3, 0.4) is 0 Å². The molecule has 21 heavy (non-hydrogen) atoms. The fourth-order valence-electron chi connectivity index (χ4n) is 2.56. The molecule has 3 heterocycles. The minimum absolute atomic E-state index is 0.222. The molecule has 2 aliphatic rings. The van der Waals surface area contributed by atoms with Gasteiger partial charge in [0.15, 0.2) is 0 Å². The molecule has 0 saturated carbocycles. The third-order valence-corrected chi connectivity index (χ3v) is 5.46. The third kappa shape index (κ3) is 2.78. The minimum Gasteiger partial charge on any atom is -0.399 e. The zero-order valence-electron chi connectivity index (χ0n) is 13.3. The Bertz CT molecular complexity index is 526. The fraction of sp³-hybridized carbons (Fsp3) is 0.600. The molecule has 1 atom stereocenters. The number of hydrazine groups is 1. The van der Waals surface area contributed by atoms with Crippen molar-refractivity contribution >= 4 is 18.5 Å². The Morgan fingerprint density at radius 3 is 2.52 bits per heavy atom. The molecular formula is C15H23BN2O2S. The second kappa shape index (κ2) is 5.12. The molecule has 0 radical (unpaired) electrons. The number of rotatable bonds is 3. The van der Waals surface area contributed by atoms with E-state index in [-0.39, 0.29) is 24.4 Å². The van der Waals surface area contributed by atoms with Gasteiger partial charge in [-0.05, 0) is 51.5 Å². The van der Waals surface area contributed by atoms with E-state index in [1.54, 1.807) is 11.3 Å². The Morgan fingerprint density at radius 2 is 1.95 bits per heavy atom. The molecule has 0 spiro atoms. The van der Waals surface area contributed by atoms with Crippen molar-refractivity contribution in [2.45, 2.75) is 58.4 Å². The first-order chi connectivity index (χ1) is 9.78. The number of nitrogens with zero attached hydrogens (tertiary/aromatic N) is 1. The van der Waals surface area contributed by atoms with E-state index in [0.29, 0.717) is 0 Å². The topological polar surface area (TPSA) is 33.7 Å². The van der Waals surface area contributed by atoms with Gasteiger partial charge in [0.25, 0.3) is 0 Å². The van der Waals surface area contributed by atoms with Crippen LogP contribution in [0.1, 0.15) is 39.5 Å². The lowest BCUT2D eigenvalue weighted by molar-refractivity contribution is 0.00578. The van der Waals surface area contributed by atoms with Gasteiger partial charge in [-0.15, -0.1) is 11.3 Å². The van der Waals surface area contributed by atoms with Gasteiger partial charge >= 0.3 is 7.12 Å². The first kappa shape index (κ1) is 15.1. The first-order valence-electron chi connectivity index (χ1n) is 7.41. The van der Waals surface area contributed by atoms with E-state index < -0.39 is 0 Å². The Morgan fingerprint density at radius 1 is 1.29 bits per heavy atom. The quantitative estimate of drug-likeness (QED) is 0.871. The van der Waals surface area contributed by atoms with Gasteiger partial charge in [0.05, 0.1) is 17.7 Å². The second-order valence-electron chi connectivity index (χ2n) is 6.78. The maximum Gasteiger partial charge on any atom is 0.493 e. The van der Waals surface area contributed by atoms with Gasteiger partial charge in [0.2, 0.25) is 0 Å². The molecule has 1 unspecified atom stereocenters. The van der Waals surface area contributed by atoms with Gasteiger partial charge in [0.1, 0.15) is 0 Å². The lowest BCUT2D eigenvalue weighted by Gasteiger charge is -2.32. The molecule has 1 fully saturated rings. The van der Waals surface area contributed by atoms with E-state index in [9.17, 15) is 0 Å². The Kier molecular flexibility index (Phi) is 3.68. The predicted molar refractivity (Wildman–Crippen MR) is 86.6 cm³/mol. The summed E-state index contributed by atoms with van der Waals surface area (Å²) in [6.07, 6.45) is 2.13. The molecule has 1 aromatic rings. The van der Waals surface area contributed by atoms with Crippen LogP contribution in [0.5, 0.6) is 0 Å². The third-order valence-electron chi connectivity index (χ3n) is 4.60. The highest BCUT2D eigenvalue weighted by Gasteiger charge is 2.53. The van der Waals surface area contributed by atoms with Crippen LogP contribution in [0.15, 0.2) is 29.2 Å². The molecule has 0 amide bonds. The second-order valence-corrected chi connectivity index (χ2v) is 7.81. The zero-order chi connectivity index (χ0) is 15.3. The SMILES string of the molecule is CC1NN(Cc2cccs2)C=C1B1OC(C)(C)C(C)(C)O1. The number of hydrogen-bond donors (Lipinski definition) is 1. The summed E-state index contributed by atoms with van der Waals surface area (Å²) in [6.45, 7) is 11.4. The number of hydrogen-bond acceptors (Lipinski definition) is 5. The largest absolute Gasteiger partial charge is 0.493 e. The van der Waals surface area contributed by atoms with E-state index in [1.165, 1.54) is 4.88 Å². The van der Waals surface area contributed by atoms with Crippen LogP contribution in [0.4, 0.5) is 0 Å². The van der Waals surface area contributed by atoms with Crippen molar-refractivity contribution in [3.05, 3.63) is 34.1 Å². The van der Waals surface area contributed by atoms with Crippen molar-refractivity contribution in [3.8, 4) is 0 Å². The van der Waals surface area contributed by atoms with Crippen molar-refractivity contribution in [1.29, 1.82) is 0 Å². The number of thiophene rings is 1. The molecule has 6 heteroatoms. The molecule has 1 saturated heterocycles. The minimum atomic E-state index is -0.292. The standard InChI is InChI=1S/C15H23BN2O2S/c1-11-13(16-19-14(2,3)15(4,5)20-16)10-18(17-11)9-12-7-6-8-21-12/h6-8,10-11,17H,9H2,1-5H3. The van der Waals surface area contributed by atoms with Gasteiger partial charge < -0.3 is 14.3 Å². The van der Waals surface area contributed by atoms with Crippen molar-refractivity contribution in [2.75, 3.05) is 0 Å². The van der Waals surface area contributed by atoms with E-state index in [1.807, 2.05) is 0 Å². The van der Waals surface area contributed by atoms with Gasteiger partial charge in [0, 0.05) is 17.1 Å². The van der Waals surface area contributed by atoms with Crippen LogP contribution >= 0.6 is 11.3 Å². The lowest BCUT2D eigenvalue weighted by atomic mass is 9.75. The van der Waals surface area contributed by atoms with E-state index >= 15 is 0 Å². The molecule has 0 aromatic carbocycles. The monoisotopic (exact) mass is 306 g/mol. The average Bonchev–Trinajstić information content (AvgIpc) is 3.01. The first-order valence-corrected chi connectivity index (χ1v) is 8.29. The maximum atomic E-state index is 6.15. The van der Waals surface area contributed by atoms with Crippen molar-refractivity contribution in [1.82, 2.24) is 10.4 Å². The maximum absolute atomic E-state index is 6.15. The highest BCUT2D eigenvalue weighted by Crippen LogP contribution is 2.39. The average molecular weight is 306 g/mol.